The van der Waals surface area contributed by atoms with Gasteiger partial charge in [0.25, 0.3) is 0 Å². The van der Waals surface area contributed by atoms with Crippen molar-refractivity contribution < 1.29 is 20.4 Å². The van der Waals surface area contributed by atoms with Crippen molar-refractivity contribution in [2.75, 3.05) is 6.61 Å². The molecule has 0 aliphatic rings. The Morgan fingerprint density at radius 3 is 1.95 bits per heavy atom. The Hall–Kier alpha value is -1.26. The van der Waals surface area contributed by atoms with Gasteiger partial charge >= 0.3 is 0 Å². The Morgan fingerprint density at radius 2 is 1.47 bits per heavy atom. The second-order valence-corrected chi connectivity index (χ2v) is 5.28. The summed E-state index contributed by atoms with van der Waals surface area (Å²) in [5.74, 6) is 0.283. The number of hydrogen-bond acceptors (Lipinski definition) is 4. The molecular formula is C15H24O4. The molecule has 108 valence electrons. The highest BCUT2D eigenvalue weighted by Gasteiger charge is 2.28. The fourth-order valence-electron chi connectivity index (χ4n) is 2.33. The van der Waals surface area contributed by atoms with Crippen LogP contribution in [0.25, 0.3) is 0 Å². The van der Waals surface area contributed by atoms with E-state index in [0.29, 0.717) is 28.7 Å². The fraction of sp³-hybridized carbons (Fsp3) is 0.600. The van der Waals surface area contributed by atoms with Crippen molar-refractivity contribution in [1.29, 1.82) is 0 Å². The number of aliphatic hydroxyl groups is 2. The van der Waals surface area contributed by atoms with Gasteiger partial charge in [0.1, 0.15) is 11.5 Å². The fourth-order valence-corrected chi connectivity index (χ4v) is 2.33. The first kappa shape index (κ1) is 15.8. The molecular weight excluding hydrogens is 244 g/mol. The van der Waals surface area contributed by atoms with Crippen LogP contribution in [0.1, 0.15) is 42.0 Å². The molecule has 0 saturated carbocycles. The molecule has 0 fully saturated rings. The minimum atomic E-state index is -1.06. The van der Waals surface area contributed by atoms with E-state index in [4.69, 9.17) is 5.11 Å². The molecule has 0 aliphatic heterocycles. The Labute approximate surface area is 114 Å². The van der Waals surface area contributed by atoms with Gasteiger partial charge in [0.2, 0.25) is 0 Å². The van der Waals surface area contributed by atoms with Crippen LogP contribution in [0.4, 0.5) is 0 Å². The highest BCUT2D eigenvalue weighted by molar-refractivity contribution is 5.57. The third-order valence-corrected chi connectivity index (χ3v) is 4.11. The Bertz CT molecular complexity index is 439. The van der Waals surface area contributed by atoms with Crippen molar-refractivity contribution in [3.63, 3.8) is 0 Å². The van der Waals surface area contributed by atoms with E-state index in [1.807, 2.05) is 6.92 Å². The van der Waals surface area contributed by atoms with Gasteiger partial charge in [-0.1, -0.05) is 6.92 Å². The Morgan fingerprint density at radius 1 is 0.947 bits per heavy atom. The zero-order valence-corrected chi connectivity index (χ0v) is 12.1. The SMILES string of the molecule is CCC(O)(CCO)Cc1c(C)c(O)c(C)c(C)c1O. The summed E-state index contributed by atoms with van der Waals surface area (Å²) in [5.41, 5.74) is 1.36. The van der Waals surface area contributed by atoms with Crippen LogP contribution in [0.2, 0.25) is 0 Å². The molecule has 1 atom stereocenters. The lowest BCUT2D eigenvalue weighted by Gasteiger charge is -2.28. The van der Waals surface area contributed by atoms with Crippen LogP contribution in [0.5, 0.6) is 11.5 Å². The predicted molar refractivity (Wildman–Crippen MR) is 74.6 cm³/mol. The molecule has 1 aromatic carbocycles. The van der Waals surface area contributed by atoms with Crippen LogP contribution in [0.15, 0.2) is 0 Å². The van der Waals surface area contributed by atoms with E-state index in [0.717, 1.165) is 0 Å². The first-order valence-electron chi connectivity index (χ1n) is 6.61. The van der Waals surface area contributed by atoms with Gasteiger partial charge in [-0.15, -0.1) is 0 Å². The summed E-state index contributed by atoms with van der Waals surface area (Å²) in [7, 11) is 0. The quantitative estimate of drug-likeness (QED) is 0.616. The second kappa shape index (κ2) is 5.80. The van der Waals surface area contributed by atoms with Gasteiger partial charge in [0, 0.05) is 18.6 Å². The number of benzene rings is 1. The van der Waals surface area contributed by atoms with E-state index < -0.39 is 5.60 Å². The molecule has 4 heteroatoms. The molecule has 4 N–H and O–H groups in total. The van der Waals surface area contributed by atoms with Crippen molar-refractivity contribution in [1.82, 2.24) is 0 Å². The predicted octanol–water partition coefficient (Wildman–Crippen LogP) is 2.09. The molecule has 4 nitrogen and oxygen atoms in total. The van der Waals surface area contributed by atoms with Crippen molar-refractivity contribution in [2.45, 2.75) is 52.6 Å². The van der Waals surface area contributed by atoms with Crippen LogP contribution in [0.3, 0.4) is 0 Å². The molecule has 19 heavy (non-hydrogen) atoms. The van der Waals surface area contributed by atoms with Gasteiger partial charge in [0.05, 0.1) is 5.60 Å². The number of aliphatic hydroxyl groups excluding tert-OH is 1. The molecule has 0 aromatic heterocycles. The standard InChI is InChI=1S/C15H24O4/c1-5-15(19,6-7-16)8-12-11(4)13(17)9(2)10(3)14(12)18/h16-19H,5-8H2,1-4H3. The van der Waals surface area contributed by atoms with Gasteiger partial charge in [-0.3, -0.25) is 0 Å². The average Bonchev–Trinajstić information content (AvgIpc) is 2.39. The zero-order valence-electron chi connectivity index (χ0n) is 12.1. The van der Waals surface area contributed by atoms with Crippen LogP contribution >= 0.6 is 0 Å². The minimum absolute atomic E-state index is 0.110. The molecule has 0 spiro atoms. The van der Waals surface area contributed by atoms with Crippen LogP contribution in [0, 0.1) is 20.8 Å². The van der Waals surface area contributed by atoms with Gasteiger partial charge in [0.15, 0.2) is 0 Å². The monoisotopic (exact) mass is 268 g/mol. The van der Waals surface area contributed by atoms with Crippen LogP contribution < -0.4 is 0 Å². The molecule has 1 unspecified atom stereocenters. The summed E-state index contributed by atoms with van der Waals surface area (Å²) in [6, 6.07) is 0. The summed E-state index contributed by atoms with van der Waals surface area (Å²) in [6.07, 6.45) is 0.937. The second-order valence-electron chi connectivity index (χ2n) is 5.28. The van der Waals surface area contributed by atoms with Crippen molar-refractivity contribution in [3.05, 3.63) is 22.3 Å². The van der Waals surface area contributed by atoms with Crippen LogP contribution in [-0.4, -0.2) is 32.6 Å². The molecule has 0 heterocycles. The van der Waals surface area contributed by atoms with E-state index >= 15 is 0 Å². The van der Waals surface area contributed by atoms with Crippen LogP contribution in [-0.2, 0) is 6.42 Å². The van der Waals surface area contributed by atoms with Crippen molar-refractivity contribution >= 4 is 0 Å². The first-order chi connectivity index (χ1) is 8.77. The van der Waals surface area contributed by atoms with E-state index in [9.17, 15) is 15.3 Å². The lowest BCUT2D eigenvalue weighted by atomic mass is 9.85. The Balaban J connectivity index is 3.28. The summed E-state index contributed by atoms with van der Waals surface area (Å²) >= 11 is 0. The van der Waals surface area contributed by atoms with Crippen molar-refractivity contribution in [2.24, 2.45) is 0 Å². The van der Waals surface area contributed by atoms with Gasteiger partial charge in [-0.25, -0.2) is 0 Å². The van der Waals surface area contributed by atoms with E-state index in [1.165, 1.54) is 0 Å². The average molecular weight is 268 g/mol. The molecule has 1 aromatic rings. The molecule has 0 amide bonds. The van der Waals surface area contributed by atoms with E-state index in [1.54, 1.807) is 20.8 Å². The normalized spacial score (nSPS) is 14.4. The summed E-state index contributed by atoms with van der Waals surface area (Å²) in [4.78, 5) is 0. The smallest absolute Gasteiger partial charge is 0.122 e. The number of rotatable bonds is 5. The molecule has 0 bridgehead atoms. The highest BCUT2D eigenvalue weighted by atomic mass is 16.3. The topological polar surface area (TPSA) is 80.9 Å². The summed E-state index contributed by atoms with van der Waals surface area (Å²) < 4.78 is 0. The summed E-state index contributed by atoms with van der Waals surface area (Å²) in [6.45, 7) is 6.95. The lowest BCUT2D eigenvalue weighted by Crippen LogP contribution is -2.32. The highest BCUT2D eigenvalue weighted by Crippen LogP contribution is 2.38. The maximum atomic E-state index is 10.4. The third-order valence-electron chi connectivity index (χ3n) is 4.11. The zero-order chi connectivity index (χ0) is 14.8. The van der Waals surface area contributed by atoms with Gasteiger partial charge < -0.3 is 20.4 Å². The number of hydrogen-bond donors (Lipinski definition) is 4. The largest absolute Gasteiger partial charge is 0.507 e. The third kappa shape index (κ3) is 3.01. The molecule has 1 rings (SSSR count). The number of aromatic hydroxyl groups is 2. The first-order valence-corrected chi connectivity index (χ1v) is 6.61. The molecule has 0 saturated heterocycles. The maximum Gasteiger partial charge on any atom is 0.122 e. The van der Waals surface area contributed by atoms with Gasteiger partial charge in [-0.05, 0) is 50.3 Å². The molecule has 0 aliphatic carbocycles. The van der Waals surface area contributed by atoms with Gasteiger partial charge in [-0.2, -0.15) is 0 Å². The minimum Gasteiger partial charge on any atom is -0.507 e. The maximum absolute atomic E-state index is 10.4. The van der Waals surface area contributed by atoms with Crippen molar-refractivity contribution in [3.8, 4) is 11.5 Å². The Kier molecular flexibility index (Phi) is 4.82. The number of phenolic OH excluding ortho intramolecular Hbond substituents is 2. The summed E-state index contributed by atoms with van der Waals surface area (Å²) in [5, 5.41) is 39.7. The molecule has 0 radical (unpaired) electrons. The lowest BCUT2D eigenvalue weighted by molar-refractivity contribution is 0.0118. The van der Waals surface area contributed by atoms with E-state index in [2.05, 4.69) is 0 Å². The number of phenols is 2. The van der Waals surface area contributed by atoms with E-state index in [-0.39, 0.29) is 30.9 Å².